The Balaban J connectivity index is 2.04. The summed E-state index contributed by atoms with van der Waals surface area (Å²) in [6, 6.07) is 7.80. The number of aromatic nitrogens is 1. The SMILES string of the molecule is CC(C)(C)OC(=O)Cc1csc(-c2ccccn2)c1. The van der Waals surface area contributed by atoms with Crippen LogP contribution in [0.4, 0.5) is 0 Å². The van der Waals surface area contributed by atoms with Crippen molar-refractivity contribution in [1.29, 1.82) is 0 Å². The first-order chi connectivity index (χ1) is 8.94. The van der Waals surface area contributed by atoms with Crippen LogP contribution in [0.1, 0.15) is 26.3 Å². The summed E-state index contributed by atoms with van der Waals surface area (Å²) in [5, 5.41) is 1.98. The van der Waals surface area contributed by atoms with E-state index in [2.05, 4.69) is 4.98 Å². The van der Waals surface area contributed by atoms with Crippen LogP contribution >= 0.6 is 11.3 Å². The average molecular weight is 275 g/mol. The average Bonchev–Trinajstić information content (AvgIpc) is 2.76. The van der Waals surface area contributed by atoms with Crippen molar-refractivity contribution < 1.29 is 9.53 Å². The number of carbonyl (C=O) groups excluding carboxylic acids is 1. The maximum atomic E-state index is 11.7. The molecule has 0 aromatic carbocycles. The molecule has 4 heteroatoms. The van der Waals surface area contributed by atoms with E-state index in [0.29, 0.717) is 6.42 Å². The Morgan fingerprint density at radius 2 is 2.16 bits per heavy atom. The molecule has 0 atom stereocenters. The summed E-state index contributed by atoms with van der Waals surface area (Å²) in [7, 11) is 0. The summed E-state index contributed by atoms with van der Waals surface area (Å²) in [6.07, 6.45) is 2.07. The number of rotatable bonds is 3. The van der Waals surface area contributed by atoms with E-state index < -0.39 is 5.60 Å². The van der Waals surface area contributed by atoms with Gasteiger partial charge in [-0.1, -0.05) is 6.07 Å². The smallest absolute Gasteiger partial charge is 0.310 e. The zero-order valence-electron chi connectivity index (χ0n) is 11.3. The molecule has 0 saturated carbocycles. The Morgan fingerprint density at radius 1 is 1.37 bits per heavy atom. The predicted molar refractivity (Wildman–Crippen MR) is 77.1 cm³/mol. The Labute approximate surface area is 117 Å². The highest BCUT2D eigenvalue weighted by Crippen LogP contribution is 2.25. The third kappa shape index (κ3) is 4.17. The van der Waals surface area contributed by atoms with Crippen LogP contribution in [0.5, 0.6) is 0 Å². The minimum atomic E-state index is -0.434. The Bertz CT molecular complexity index is 555. The van der Waals surface area contributed by atoms with Crippen molar-refractivity contribution in [3.05, 3.63) is 41.4 Å². The second-order valence-corrected chi connectivity index (χ2v) is 6.21. The van der Waals surface area contributed by atoms with Crippen molar-refractivity contribution in [2.24, 2.45) is 0 Å². The highest BCUT2D eigenvalue weighted by Gasteiger charge is 2.17. The fourth-order valence-electron chi connectivity index (χ4n) is 1.66. The van der Waals surface area contributed by atoms with Crippen molar-refractivity contribution in [2.45, 2.75) is 32.8 Å². The first kappa shape index (κ1) is 13.7. The fourth-order valence-corrected chi connectivity index (χ4v) is 2.55. The monoisotopic (exact) mass is 275 g/mol. The third-order valence-electron chi connectivity index (χ3n) is 2.34. The van der Waals surface area contributed by atoms with Crippen molar-refractivity contribution in [3.8, 4) is 10.6 Å². The molecule has 0 saturated heterocycles. The first-order valence-electron chi connectivity index (χ1n) is 6.15. The van der Waals surface area contributed by atoms with E-state index in [1.54, 1.807) is 17.5 Å². The van der Waals surface area contributed by atoms with Crippen molar-refractivity contribution in [2.75, 3.05) is 0 Å². The van der Waals surface area contributed by atoms with E-state index in [9.17, 15) is 4.79 Å². The van der Waals surface area contributed by atoms with Gasteiger partial charge in [0.15, 0.2) is 0 Å². The number of pyridine rings is 1. The van der Waals surface area contributed by atoms with Crippen LogP contribution in [0.15, 0.2) is 35.8 Å². The van der Waals surface area contributed by atoms with Crippen LogP contribution in [0.3, 0.4) is 0 Å². The molecule has 2 aromatic heterocycles. The Kier molecular flexibility index (Phi) is 4.00. The summed E-state index contributed by atoms with van der Waals surface area (Å²) in [4.78, 5) is 17.1. The summed E-state index contributed by atoms with van der Waals surface area (Å²) in [5.74, 6) is -0.196. The largest absolute Gasteiger partial charge is 0.460 e. The van der Waals surface area contributed by atoms with Crippen LogP contribution in [-0.2, 0) is 16.0 Å². The van der Waals surface area contributed by atoms with E-state index in [4.69, 9.17) is 4.74 Å². The zero-order chi connectivity index (χ0) is 13.9. The van der Waals surface area contributed by atoms with Gasteiger partial charge in [-0.2, -0.15) is 0 Å². The van der Waals surface area contributed by atoms with Gasteiger partial charge in [0.2, 0.25) is 0 Å². The van der Waals surface area contributed by atoms with Gasteiger partial charge < -0.3 is 4.74 Å². The lowest BCUT2D eigenvalue weighted by atomic mass is 10.1. The number of carbonyl (C=O) groups is 1. The molecule has 100 valence electrons. The number of thiophene rings is 1. The second kappa shape index (κ2) is 5.53. The maximum absolute atomic E-state index is 11.7. The standard InChI is InChI=1S/C15H17NO2S/c1-15(2,3)18-14(17)9-11-8-13(19-10-11)12-6-4-5-7-16-12/h4-8,10H,9H2,1-3H3. The van der Waals surface area contributed by atoms with Gasteiger partial charge in [-0.05, 0) is 49.9 Å². The summed E-state index contributed by atoms with van der Waals surface area (Å²) in [6.45, 7) is 5.62. The molecule has 2 rings (SSSR count). The van der Waals surface area contributed by atoms with E-state index in [-0.39, 0.29) is 5.97 Å². The van der Waals surface area contributed by atoms with E-state index >= 15 is 0 Å². The fraction of sp³-hybridized carbons (Fsp3) is 0.333. The van der Waals surface area contributed by atoms with Crippen LogP contribution in [0.25, 0.3) is 10.6 Å². The highest BCUT2D eigenvalue weighted by atomic mass is 32.1. The van der Waals surface area contributed by atoms with Crippen LogP contribution in [0.2, 0.25) is 0 Å². The van der Waals surface area contributed by atoms with Crippen LogP contribution in [-0.4, -0.2) is 16.6 Å². The van der Waals surface area contributed by atoms with E-state index in [0.717, 1.165) is 16.1 Å². The van der Waals surface area contributed by atoms with Gasteiger partial charge in [0.25, 0.3) is 0 Å². The summed E-state index contributed by atoms with van der Waals surface area (Å²) < 4.78 is 5.31. The lowest BCUT2D eigenvalue weighted by Gasteiger charge is -2.19. The molecule has 0 aliphatic carbocycles. The lowest BCUT2D eigenvalue weighted by Crippen LogP contribution is -2.24. The van der Waals surface area contributed by atoms with Gasteiger partial charge in [0.05, 0.1) is 17.0 Å². The maximum Gasteiger partial charge on any atom is 0.310 e. The number of hydrogen-bond donors (Lipinski definition) is 0. The molecule has 0 fully saturated rings. The topological polar surface area (TPSA) is 39.2 Å². The summed E-state index contributed by atoms with van der Waals surface area (Å²) in [5.41, 5.74) is 1.47. The molecule has 19 heavy (non-hydrogen) atoms. The van der Waals surface area contributed by atoms with Crippen molar-refractivity contribution in [3.63, 3.8) is 0 Å². The Morgan fingerprint density at radius 3 is 2.79 bits per heavy atom. The molecule has 0 unspecified atom stereocenters. The van der Waals surface area contributed by atoms with E-state index in [1.165, 1.54) is 0 Å². The van der Waals surface area contributed by atoms with Gasteiger partial charge in [-0.25, -0.2) is 0 Å². The molecule has 0 aliphatic heterocycles. The normalized spacial score (nSPS) is 11.3. The van der Waals surface area contributed by atoms with Crippen LogP contribution < -0.4 is 0 Å². The molecule has 2 heterocycles. The van der Waals surface area contributed by atoms with Gasteiger partial charge >= 0.3 is 5.97 Å². The molecule has 0 bridgehead atoms. The quantitative estimate of drug-likeness (QED) is 0.802. The van der Waals surface area contributed by atoms with Crippen molar-refractivity contribution >= 4 is 17.3 Å². The minimum Gasteiger partial charge on any atom is -0.460 e. The number of nitrogens with zero attached hydrogens (tertiary/aromatic N) is 1. The highest BCUT2D eigenvalue weighted by molar-refractivity contribution is 7.13. The molecule has 0 amide bonds. The molecule has 2 aromatic rings. The van der Waals surface area contributed by atoms with Gasteiger partial charge in [-0.3, -0.25) is 9.78 Å². The Hall–Kier alpha value is -1.68. The third-order valence-corrected chi connectivity index (χ3v) is 3.34. The molecular weight excluding hydrogens is 258 g/mol. The minimum absolute atomic E-state index is 0.196. The molecule has 0 radical (unpaired) electrons. The zero-order valence-corrected chi connectivity index (χ0v) is 12.2. The summed E-state index contributed by atoms with van der Waals surface area (Å²) >= 11 is 1.59. The molecule has 0 N–H and O–H groups in total. The van der Waals surface area contributed by atoms with Crippen LogP contribution in [0, 0.1) is 0 Å². The van der Waals surface area contributed by atoms with Gasteiger partial charge in [-0.15, -0.1) is 11.3 Å². The van der Waals surface area contributed by atoms with Gasteiger partial charge in [0.1, 0.15) is 5.60 Å². The van der Waals surface area contributed by atoms with E-state index in [1.807, 2.05) is 50.4 Å². The van der Waals surface area contributed by atoms with Gasteiger partial charge in [0, 0.05) is 6.20 Å². The number of ether oxygens (including phenoxy) is 1. The molecule has 0 aliphatic rings. The first-order valence-corrected chi connectivity index (χ1v) is 7.03. The molecular formula is C15H17NO2S. The second-order valence-electron chi connectivity index (χ2n) is 5.30. The predicted octanol–water partition coefficient (Wildman–Crippen LogP) is 3.69. The molecule has 0 spiro atoms. The molecule has 3 nitrogen and oxygen atoms in total. The van der Waals surface area contributed by atoms with Crippen molar-refractivity contribution in [1.82, 2.24) is 4.98 Å². The number of esters is 1. The lowest BCUT2D eigenvalue weighted by molar-refractivity contribution is -0.153. The number of hydrogen-bond acceptors (Lipinski definition) is 4.